The molecular weight excluding hydrogens is 440 g/mol. The van der Waals surface area contributed by atoms with Crippen LogP contribution >= 0.6 is 59.1 Å². The number of halogens is 3. The van der Waals surface area contributed by atoms with Gasteiger partial charge in [0.1, 0.15) is 0 Å². The van der Waals surface area contributed by atoms with Gasteiger partial charge in [-0.1, -0.05) is 62.2 Å². The monoisotopic (exact) mass is 450 g/mol. The van der Waals surface area contributed by atoms with Crippen LogP contribution in [0.15, 0.2) is 46.3 Å². The lowest BCUT2D eigenvalue weighted by molar-refractivity contribution is 0.556. The molecule has 2 aromatic rings. The zero-order valence-electron chi connectivity index (χ0n) is 9.70. The molecule has 0 fully saturated rings. The number of hydrogen-bond acceptors (Lipinski definition) is 1. The number of benzene rings is 1. The first-order valence-electron chi connectivity index (χ1n) is 5.60. The van der Waals surface area contributed by atoms with Gasteiger partial charge in [0, 0.05) is 30.8 Å². The summed E-state index contributed by atoms with van der Waals surface area (Å²) in [5.41, 5.74) is 1.49. The number of hydrogen-bond donors (Lipinski definition) is 0. The first-order chi connectivity index (χ1) is 8.70. The molecule has 0 nitrogen and oxygen atoms in total. The standard InChI is InChI=1S/C14H13Br3S/c15-9-14(10-16,11-4-2-1-3-5-11)7-13-6-12(17)8-18-13/h1-6,8H,7,9-10H2. The summed E-state index contributed by atoms with van der Waals surface area (Å²) in [4.78, 5) is 1.41. The van der Waals surface area contributed by atoms with Crippen molar-refractivity contribution in [3.05, 3.63) is 56.7 Å². The Morgan fingerprint density at radius 1 is 1.06 bits per heavy atom. The Balaban J connectivity index is 2.32. The molecule has 0 saturated carbocycles. The van der Waals surface area contributed by atoms with E-state index in [0.717, 1.165) is 17.1 Å². The molecule has 0 bridgehead atoms. The molecule has 0 amide bonds. The average molecular weight is 453 g/mol. The fourth-order valence-electron chi connectivity index (χ4n) is 1.96. The molecule has 4 heteroatoms. The summed E-state index contributed by atoms with van der Waals surface area (Å²) in [6.45, 7) is 0. The summed E-state index contributed by atoms with van der Waals surface area (Å²) in [7, 11) is 0. The summed E-state index contributed by atoms with van der Waals surface area (Å²) >= 11 is 12.7. The highest BCUT2D eigenvalue weighted by molar-refractivity contribution is 9.10. The van der Waals surface area contributed by atoms with Gasteiger partial charge in [-0.25, -0.2) is 0 Å². The lowest BCUT2D eigenvalue weighted by Gasteiger charge is -2.30. The Labute approximate surface area is 137 Å². The third-order valence-electron chi connectivity index (χ3n) is 3.03. The highest BCUT2D eigenvalue weighted by Crippen LogP contribution is 2.35. The van der Waals surface area contributed by atoms with Crippen LogP contribution in [0.5, 0.6) is 0 Å². The maximum atomic E-state index is 3.70. The van der Waals surface area contributed by atoms with Gasteiger partial charge in [-0.3, -0.25) is 0 Å². The van der Waals surface area contributed by atoms with E-state index in [1.807, 2.05) is 11.3 Å². The Morgan fingerprint density at radius 3 is 2.22 bits per heavy atom. The van der Waals surface area contributed by atoms with Gasteiger partial charge in [-0.2, -0.15) is 0 Å². The topological polar surface area (TPSA) is 0 Å². The Morgan fingerprint density at radius 2 is 1.72 bits per heavy atom. The first-order valence-corrected chi connectivity index (χ1v) is 9.52. The summed E-state index contributed by atoms with van der Waals surface area (Å²) in [6.07, 6.45) is 1.05. The van der Waals surface area contributed by atoms with Crippen LogP contribution in [-0.4, -0.2) is 10.7 Å². The minimum Gasteiger partial charge on any atom is -0.148 e. The highest BCUT2D eigenvalue weighted by atomic mass is 79.9. The molecule has 0 radical (unpaired) electrons. The van der Waals surface area contributed by atoms with Crippen LogP contribution < -0.4 is 0 Å². The minimum atomic E-state index is 0.117. The normalized spacial score (nSPS) is 11.7. The van der Waals surface area contributed by atoms with E-state index in [4.69, 9.17) is 0 Å². The van der Waals surface area contributed by atoms with Gasteiger partial charge in [0.2, 0.25) is 0 Å². The minimum absolute atomic E-state index is 0.117. The van der Waals surface area contributed by atoms with Crippen LogP contribution in [0.25, 0.3) is 0 Å². The SMILES string of the molecule is BrCC(CBr)(Cc1cc(Br)cs1)c1ccccc1. The molecule has 0 aliphatic carbocycles. The number of thiophene rings is 1. The largest absolute Gasteiger partial charge is 0.148 e. The highest BCUT2D eigenvalue weighted by Gasteiger charge is 2.30. The van der Waals surface area contributed by atoms with Crippen molar-refractivity contribution < 1.29 is 0 Å². The van der Waals surface area contributed by atoms with Crippen LogP contribution in [0.4, 0.5) is 0 Å². The Bertz CT molecular complexity index is 489. The van der Waals surface area contributed by atoms with Gasteiger partial charge in [0.25, 0.3) is 0 Å². The third-order valence-corrected chi connectivity index (χ3v) is 6.88. The second-order valence-corrected chi connectivity index (χ2v) is 7.35. The van der Waals surface area contributed by atoms with Crippen molar-refractivity contribution in [1.29, 1.82) is 0 Å². The van der Waals surface area contributed by atoms with Crippen molar-refractivity contribution in [1.82, 2.24) is 0 Å². The fraction of sp³-hybridized carbons (Fsp3) is 0.286. The zero-order chi connectivity index (χ0) is 13.0. The molecule has 96 valence electrons. The van der Waals surface area contributed by atoms with E-state index in [9.17, 15) is 0 Å². The lowest BCUT2D eigenvalue weighted by atomic mass is 9.81. The van der Waals surface area contributed by atoms with Gasteiger partial charge in [0.15, 0.2) is 0 Å². The van der Waals surface area contributed by atoms with Crippen molar-refractivity contribution in [2.24, 2.45) is 0 Å². The molecule has 18 heavy (non-hydrogen) atoms. The molecule has 1 heterocycles. The molecule has 0 spiro atoms. The predicted octanol–water partition coefficient (Wildman–Crippen LogP) is 5.78. The molecule has 1 aromatic carbocycles. The van der Waals surface area contributed by atoms with Gasteiger partial charge in [-0.05, 0) is 34.0 Å². The number of rotatable bonds is 5. The first kappa shape index (κ1) is 14.8. The summed E-state index contributed by atoms with van der Waals surface area (Å²) < 4.78 is 1.17. The smallest absolute Gasteiger partial charge is 0.0285 e. The lowest BCUT2D eigenvalue weighted by Crippen LogP contribution is -2.32. The van der Waals surface area contributed by atoms with Crippen LogP contribution in [0.3, 0.4) is 0 Å². The van der Waals surface area contributed by atoms with Crippen molar-refractivity contribution in [2.45, 2.75) is 11.8 Å². The quantitative estimate of drug-likeness (QED) is 0.504. The van der Waals surface area contributed by atoms with Crippen LogP contribution in [-0.2, 0) is 11.8 Å². The van der Waals surface area contributed by atoms with E-state index >= 15 is 0 Å². The van der Waals surface area contributed by atoms with Gasteiger partial charge in [0.05, 0.1) is 0 Å². The van der Waals surface area contributed by atoms with Gasteiger partial charge in [-0.15, -0.1) is 11.3 Å². The fourth-order valence-corrected chi connectivity index (χ4v) is 5.53. The number of alkyl halides is 2. The third kappa shape index (κ3) is 3.27. The van der Waals surface area contributed by atoms with E-state index in [2.05, 4.69) is 89.6 Å². The maximum Gasteiger partial charge on any atom is 0.0285 e. The van der Waals surface area contributed by atoms with E-state index < -0.39 is 0 Å². The predicted molar refractivity (Wildman–Crippen MR) is 91.4 cm³/mol. The van der Waals surface area contributed by atoms with Crippen molar-refractivity contribution in [3.8, 4) is 0 Å². The molecule has 0 unspecified atom stereocenters. The molecule has 0 atom stereocenters. The van der Waals surface area contributed by atoms with Crippen molar-refractivity contribution in [2.75, 3.05) is 10.7 Å². The summed E-state index contributed by atoms with van der Waals surface area (Å²) in [6, 6.07) is 12.9. The molecule has 0 N–H and O–H groups in total. The van der Waals surface area contributed by atoms with Crippen LogP contribution in [0, 0.1) is 0 Å². The van der Waals surface area contributed by atoms with Crippen molar-refractivity contribution in [3.63, 3.8) is 0 Å². The summed E-state index contributed by atoms with van der Waals surface area (Å²) in [5, 5.41) is 4.04. The van der Waals surface area contributed by atoms with E-state index in [0.29, 0.717) is 0 Å². The van der Waals surface area contributed by atoms with Crippen molar-refractivity contribution >= 4 is 59.1 Å². The second-order valence-electron chi connectivity index (χ2n) is 4.32. The molecule has 0 aliphatic heterocycles. The maximum absolute atomic E-state index is 3.70. The van der Waals surface area contributed by atoms with Gasteiger partial charge >= 0.3 is 0 Å². The van der Waals surface area contributed by atoms with E-state index in [1.165, 1.54) is 14.9 Å². The molecule has 1 aromatic heterocycles. The summed E-state index contributed by atoms with van der Waals surface area (Å²) in [5.74, 6) is 0. The van der Waals surface area contributed by atoms with E-state index in [-0.39, 0.29) is 5.41 Å². The molecular formula is C14H13Br3S. The zero-order valence-corrected chi connectivity index (χ0v) is 15.3. The molecule has 0 aliphatic rings. The second kappa shape index (κ2) is 6.69. The van der Waals surface area contributed by atoms with Gasteiger partial charge < -0.3 is 0 Å². The average Bonchev–Trinajstić information content (AvgIpc) is 2.82. The van der Waals surface area contributed by atoms with Crippen LogP contribution in [0.1, 0.15) is 10.4 Å². The molecule has 2 rings (SSSR count). The molecule has 0 saturated heterocycles. The van der Waals surface area contributed by atoms with E-state index in [1.54, 1.807) is 0 Å². The Hall–Kier alpha value is 0.360. The van der Waals surface area contributed by atoms with Crippen LogP contribution in [0.2, 0.25) is 0 Å². The Kier molecular flexibility index (Phi) is 5.48.